The zero-order chi connectivity index (χ0) is 22.6. The number of phenols is 1. The Morgan fingerprint density at radius 1 is 1.00 bits per heavy atom. The van der Waals surface area contributed by atoms with Crippen molar-refractivity contribution in [1.29, 1.82) is 0 Å². The fourth-order valence-corrected chi connectivity index (χ4v) is 3.89. The highest BCUT2D eigenvalue weighted by Gasteiger charge is 2.27. The highest BCUT2D eigenvalue weighted by molar-refractivity contribution is 5.97. The van der Waals surface area contributed by atoms with Crippen LogP contribution in [-0.4, -0.2) is 15.6 Å². The Kier molecular flexibility index (Phi) is 5.05. The Labute approximate surface area is 177 Å². The molecule has 0 atom stereocenters. The fraction of sp³-hybridized carbons (Fsp3) is 0.360. The number of hydrogen-bond donors (Lipinski definition) is 2. The molecular weight excluding hydrogens is 376 g/mol. The monoisotopic (exact) mass is 406 g/mol. The molecule has 0 spiro atoms. The molecule has 158 valence electrons. The first-order chi connectivity index (χ1) is 13.7. The third-order valence-electron chi connectivity index (χ3n) is 5.50. The number of pyridine rings is 1. The molecule has 30 heavy (non-hydrogen) atoms. The smallest absolute Gasteiger partial charge is 0.254 e. The number of amides is 1. The van der Waals surface area contributed by atoms with Crippen molar-refractivity contribution < 1.29 is 9.90 Å². The van der Waals surface area contributed by atoms with Crippen LogP contribution in [0.3, 0.4) is 0 Å². The van der Waals surface area contributed by atoms with Crippen molar-refractivity contribution in [2.45, 2.75) is 59.3 Å². The normalized spacial score (nSPS) is 12.4. The fourth-order valence-electron chi connectivity index (χ4n) is 3.89. The molecule has 5 nitrogen and oxygen atoms in total. The van der Waals surface area contributed by atoms with Crippen molar-refractivity contribution in [3.05, 3.63) is 69.0 Å². The van der Waals surface area contributed by atoms with Gasteiger partial charge >= 0.3 is 0 Å². The van der Waals surface area contributed by atoms with Crippen molar-refractivity contribution in [3.63, 3.8) is 0 Å². The first kappa shape index (κ1) is 21.6. The van der Waals surface area contributed by atoms with E-state index in [1.54, 1.807) is 10.6 Å². The number of hydrogen-bond acceptors (Lipinski definition) is 3. The Balaban J connectivity index is 2.54. The maximum absolute atomic E-state index is 12.9. The van der Waals surface area contributed by atoms with Gasteiger partial charge in [-0.15, -0.1) is 0 Å². The second-order valence-electron chi connectivity index (χ2n) is 9.96. The SMILES string of the molecule is Cc1cccc2c1c(=O)c(C(N)=O)cn2-c1cc(O)c(C(C)(C)C)cc1C(C)(C)C. The molecule has 1 heterocycles. The maximum Gasteiger partial charge on any atom is 0.254 e. The summed E-state index contributed by atoms with van der Waals surface area (Å²) in [6, 6.07) is 9.30. The number of carbonyl (C=O) groups excluding carboxylic acids is 1. The number of aromatic nitrogens is 1. The van der Waals surface area contributed by atoms with Crippen LogP contribution in [0.1, 0.15) is 68.6 Å². The maximum atomic E-state index is 12.9. The first-order valence-electron chi connectivity index (χ1n) is 10.1. The summed E-state index contributed by atoms with van der Waals surface area (Å²) in [5, 5.41) is 11.3. The molecule has 5 heteroatoms. The van der Waals surface area contributed by atoms with E-state index in [1.807, 2.05) is 31.2 Å². The Hall–Kier alpha value is -3.08. The van der Waals surface area contributed by atoms with Gasteiger partial charge in [0.05, 0.1) is 11.2 Å². The van der Waals surface area contributed by atoms with Crippen LogP contribution < -0.4 is 11.2 Å². The minimum absolute atomic E-state index is 0.0731. The average molecular weight is 407 g/mol. The van der Waals surface area contributed by atoms with Crippen LogP contribution in [0.25, 0.3) is 16.6 Å². The summed E-state index contributed by atoms with van der Waals surface area (Å²) in [6.07, 6.45) is 1.49. The second kappa shape index (κ2) is 7.01. The summed E-state index contributed by atoms with van der Waals surface area (Å²) in [7, 11) is 0. The van der Waals surface area contributed by atoms with Crippen molar-refractivity contribution in [3.8, 4) is 11.4 Å². The van der Waals surface area contributed by atoms with Gasteiger partial charge in [0, 0.05) is 17.6 Å². The number of fused-ring (bicyclic) bond motifs is 1. The largest absolute Gasteiger partial charge is 0.508 e. The number of rotatable bonds is 2. The summed E-state index contributed by atoms with van der Waals surface area (Å²) in [5.41, 5.74) is 8.56. The number of primary amides is 1. The number of nitrogens with zero attached hydrogens (tertiary/aromatic N) is 1. The molecule has 0 saturated heterocycles. The number of aromatic hydroxyl groups is 1. The predicted molar refractivity (Wildman–Crippen MR) is 122 cm³/mol. The quantitative estimate of drug-likeness (QED) is 0.647. The topological polar surface area (TPSA) is 85.3 Å². The van der Waals surface area contributed by atoms with Crippen molar-refractivity contribution in [2.75, 3.05) is 0 Å². The number of aryl methyl sites for hydroxylation is 1. The molecular formula is C25H30N2O3. The van der Waals surface area contributed by atoms with Gasteiger partial charge in [-0.2, -0.15) is 0 Å². The third kappa shape index (κ3) is 3.60. The van der Waals surface area contributed by atoms with Crippen LogP contribution in [-0.2, 0) is 10.8 Å². The van der Waals surface area contributed by atoms with E-state index in [-0.39, 0.29) is 27.6 Å². The molecule has 0 aliphatic carbocycles. The zero-order valence-electron chi connectivity index (χ0n) is 18.8. The summed E-state index contributed by atoms with van der Waals surface area (Å²) in [6.45, 7) is 14.3. The molecule has 0 radical (unpaired) electrons. The molecule has 0 unspecified atom stereocenters. The molecule has 0 fully saturated rings. The molecule has 0 aliphatic heterocycles. The molecule has 3 aromatic rings. The summed E-state index contributed by atoms with van der Waals surface area (Å²) < 4.78 is 1.80. The van der Waals surface area contributed by atoms with E-state index in [1.165, 1.54) is 6.20 Å². The van der Waals surface area contributed by atoms with Gasteiger partial charge in [-0.3, -0.25) is 9.59 Å². The molecule has 3 rings (SSSR count). The Bertz CT molecular complexity index is 1220. The molecule has 2 aromatic carbocycles. The van der Waals surface area contributed by atoms with Gasteiger partial charge in [-0.1, -0.05) is 53.7 Å². The minimum atomic E-state index is -0.772. The predicted octanol–water partition coefficient (Wildman–Crippen LogP) is 4.70. The first-order valence-corrected chi connectivity index (χ1v) is 10.1. The number of phenolic OH excluding ortho intramolecular Hbond substituents is 1. The molecule has 1 amide bonds. The van der Waals surface area contributed by atoms with Crippen molar-refractivity contribution in [2.24, 2.45) is 5.73 Å². The van der Waals surface area contributed by atoms with E-state index >= 15 is 0 Å². The van der Waals surface area contributed by atoms with Crippen molar-refractivity contribution in [1.82, 2.24) is 4.57 Å². The lowest BCUT2D eigenvalue weighted by Crippen LogP contribution is -2.25. The summed E-state index contributed by atoms with van der Waals surface area (Å²) >= 11 is 0. The van der Waals surface area contributed by atoms with E-state index < -0.39 is 5.91 Å². The number of nitrogens with two attached hydrogens (primary N) is 1. The summed E-state index contributed by atoms with van der Waals surface area (Å²) in [4.78, 5) is 25.0. The van der Waals surface area contributed by atoms with Crippen LogP contribution in [0.4, 0.5) is 0 Å². The zero-order valence-corrected chi connectivity index (χ0v) is 18.8. The molecule has 1 aromatic heterocycles. The molecule has 0 saturated carbocycles. The van der Waals surface area contributed by atoms with E-state index in [0.29, 0.717) is 16.6 Å². The second-order valence-corrected chi connectivity index (χ2v) is 9.96. The number of carbonyl (C=O) groups is 1. The molecule has 3 N–H and O–H groups in total. The van der Waals surface area contributed by atoms with E-state index in [2.05, 4.69) is 41.5 Å². The lowest BCUT2D eigenvalue weighted by molar-refractivity contribution is 0.0999. The van der Waals surface area contributed by atoms with Gasteiger partial charge in [0.15, 0.2) is 0 Å². The molecule has 0 bridgehead atoms. The van der Waals surface area contributed by atoms with Crippen LogP contribution in [0, 0.1) is 6.92 Å². The summed E-state index contributed by atoms with van der Waals surface area (Å²) in [5.74, 6) is -0.600. The highest BCUT2D eigenvalue weighted by atomic mass is 16.3. The van der Waals surface area contributed by atoms with Crippen LogP contribution in [0.15, 0.2) is 41.3 Å². The van der Waals surface area contributed by atoms with Crippen molar-refractivity contribution >= 4 is 16.8 Å². The Morgan fingerprint density at radius 2 is 1.60 bits per heavy atom. The average Bonchev–Trinajstić information content (AvgIpc) is 2.59. The standard InChI is InChI=1S/C25H30N2O3/c1-14-9-8-10-18-21(14)22(29)15(23(26)30)13-27(18)19-12-20(28)17(25(5,6)7)11-16(19)24(2,3)4/h8-13,28H,1-7H3,(H2,26,30). The van der Waals surface area contributed by atoms with E-state index in [0.717, 1.165) is 16.7 Å². The van der Waals surface area contributed by atoms with E-state index in [9.17, 15) is 14.7 Å². The van der Waals surface area contributed by atoms with Gasteiger partial charge < -0.3 is 15.4 Å². The minimum Gasteiger partial charge on any atom is -0.508 e. The van der Waals surface area contributed by atoms with Crippen LogP contribution in [0.2, 0.25) is 0 Å². The van der Waals surface area contributed by atoms with E-state index in [4.69, 9.17) is 5.73 Å². The van der Waals surface area contributed by atoms with Gasteiger partial charge in [0.25, 0.3) is 5.91 Å². The van der Waals surface area contributed by atoms with Gasteiger partial charge in [-0.05, 0) is 46.6 Å². The highest BCUT2D eigenvalue weighted by Crippen LogP contribution is 2.39. The van der Waals surface area contributed by atoms with Crippen LogP contribution >= 0.6 is 0 Å². The van der Waals surface area contributed by atoms with Crippen LogP contribution in [0.5, 0.6) is 5.75 Å². The third-order valence-corrected chi connectivity index (χ3v) is 5.50. The lowest BCUT2D eigenvalue weighted by atomic mass is 9.79. The van der Waals surface area contributed by atoms with Gasteiger partial charge in [0.2, 0.25) is 5.43 Å². The lowest BCUT2D eigenvalue weighted by Gasteiger charge is -2.29. The Morgan fingerprint density at radius 3 is 2.13 bits per heavy atom. The number of benzene rings is 2. The van der Waals surface area contributed by atoms with Gasteiger partial charge in [0.1, 0.15) is 11.3 Å². The molecule has 0 aliphatic rings. The van der Waals surface area contributed by atoms with Gasteiger partial charge in [-0.25, -0.2) is 0 Å².